The predicted molar refractivity (Wildman–Crippen MR) is 78.4 cm³/mol. The van der Waals surface area contributed by atoms with E-state index < -0.39 is 0 Å². The molecule has 1 atom stereocenters. The molecule has 1 aliphatic rings. The van der Waals surface area contributed by atoms with E-state index in [1.807, 2.05) is 6.92 Å². The highest BCUT2D eigenvalue weighted by Gasteiger charge is 2.11. The van der Waals surface area contributed by atoms with Gasteiger partial charge in [0.25, 0.3) is 0 Å². The fourth-order valence-corrected chi connectivity index (χ4v) is 2.38. The predicted octanol–water partition coefficient (Wildman–Crippen LogP) is 1.66. The number of guanidine groups is 1. The van der Waals surface area contributed by atoms with Crippen molar-refractivity contribution in [2.24, 2.45) is 10.7 Å². The molecule has 0 aromatic heterocycles. The first-order valence-electron chi connectivity index (χ1n) is 7.39. The van der Waals surface area contributed by atoms with Crippen molar-refractivity contribution in [3.63, 3.8) is 0 Å². The lowest BCUT2D eigenvalue weighted by Gasteiger charge is -2.15. The van der Waals surface area contributed by atoms with Crippen molar-refractivity contribution in [3.05, 3.63) is 0 Å². The molecular weight excluding hydrogens is 242 g/mol. The molecule has 0 bridgehead atoms. The summed E-state index contributed by atoms with van der Waals surface area (Å²) in [5.74, 6) is 0.467. The van der Waals surface area contributed by atoms with Crippen LogP contribution in [0.1, 0.15) is 45.4 Å². The van der Waals surface area contributed by atoms with Crippen molar-refractivity contribution in [3.8, 4) is 0 Å². The van der Waals surface area contributed by atoms with Gasteiger partial charge in [-0.05, 0) is 19.8 Å². The molecule has 5 heteroatoms. The molecule has 0 heterocycles. The van der Waals surface area contributed by atoms with Gasteiger partial charge in [-0.25, -0.2) is 0 Å². The lowest BCUT2D eigenvalue weighted by atomic mass is 10.1. The summed E-state index contributed by atoms with van der Waals surface area (Å²) in [5, 5.41) is 3.08. The summed E-state index contributed by atoms with van der Waals surface area (Å²) in [6.45, 7) is 3.91. The highest BCUT2D eigenvalue weighted by molar-refractivity contribution is 5.78. The molecule has 0 aliphatic heterocycles. The smallest absolute Gasteiger partial charge is 0.188 e. The maximum atomic E-state index is 5.85. The Morgan fingerprint density at radius 2 is 2.00 bits per heavy atom. The molecule has 1 unspecified atom stereocenters. The summed E-state index contributed by atoms with van der Waals surface area (Å²) < 4.78 is 10.9. The molecule has 112 valence electrons. The Bertz CT molecular complexity index is 251. The number of methoxy groups -OCH3 is 1. The first-order chi connectivity index (χ1) is 9.22. The van der Waals surface area contributed by atoms with Crippen molar-refractivity contribution in [1.29, 1.82) is 0 Å². The van der Waals surface area contributed by atoms with E-state index in [1.54, 1.807) is 7.11 Å². The van der Waals surface area contributed by atoms with Crippen LogP contribution in [0.25, 0.3) is 0 Å². The lowest BCUT2D eigenvalue weighted by Crippen LogP contribution is -2.40. The molecule has 0 spiro atoms. The van der Waals surface area contributed by atoms with Crippen LogP contribution in [-0.4, -0.2) is 45.0 Å². The minimum Gasteiger partial charge on any atom is -0.383 e. The third kappa shape index (κ3) is 8.06. The summed E-state index contributed by atoms with van der Waals surface area (Å²) in [6, 6.07) is 0.177. The fraction of sp³-hybridized carbons (Fsp3) is 0.929. The third-order valence-corrected chi connectivity index (χ3v) is 3.34. The van der Waals surface area contributed by atoms with Crippen LogP contribution in [0, 0.1) is 0 Å². The zero-order chi connectivity index (χ0) is 13.9. The fourth-order valence-electron chi connectivity index (χ4n) is 2.38. The van der Waals surface area contributed by atoms with Crippen LogP contribution in [-0.2, 0) is 9.47 Å². The molecule has 1 saturated carbocycles. The molecule has 19 heavy (non-hydrogen) atoms. The van der Waals surface area contributed by atoms with E-state index in [4.69, 9.17) is 15.2 Å². The van der Waals surface area contributed by atoms with E-state index >= 15 is 0 Å². The molecule has 1 rings (SSSR count). The Kier molecular flexibility index (Phi) is 8.58. The number of rotatable bonds is 7. The maximum absolute atomic E-state index is 5.85. The zero-order valence-corrected chi connectivity index (χ0v) is 12.4. The third-order valence-electron chi connectivity index (χ3n) is 3.34. The molecule has 3 N–H and O–H groups in total. The average molecular weight is 271 g/mol. The van der Waals surface area contributed by atoms with Crippen molar-refractivity contribution >= 4 is 5.96 Å². The van der Waals surface area contributed by atoms with Gasteiger partial charge in [-0.1, -0.05) is 25.7 Å². The van der Waals surface area contributed by atoms with Crippen molar-refractivity contribution in [2.45, 2.75) is 57.6 Å². The highest BCUT2D eigenvalue weighted by atomic mass is 16.5. The van der Waals surface area contributed by atoms with E-state index in [2.05, 4.69) is 10.3 Å². The number of hydrogen-bond acceptors (Lipinski definition) is 3. The Balaban J connectivity index is 2.10. The second kappa shape index (κ2) is 10.0. The number of nitrogens with zero attached hydrogens (tertiary/aromatic N) is 1. The molecular formula is C14H29N3O2. The van der Waals surface area contributed by atoms with Crippen LogP contribution >= 0.6 is 0 Å². The number of nitrogens with one attached hydrogen (secondary N) is 1. The van der Waals surface area contributed by atoms with E-state index in [-0.39, 0.29) is 6.04 Å². The van der Waals surface area contributed by atoms with Gasteiger partial charge in [-0.3, -0.25) is 4.99 Å². The first kappa shape index (κ1) is 16.2. The average Bonchev–Trinajstić information content (AvgIpc) is 2.63. The molecule has 1 aliphatic carbocycles. The molecule has 0 aromatic rings. The molecule has 0 saturated heterocycles. The minimum atomic E-state index is 0.177. The molecule has 0 aromatic carbocycles. The Hall–Kier alpha value is -0.810. The van der Waals surface area contributed by atoms with Crippen LogP contribution in [0.3, 0.4) is 0 Å². The minimum absolute atomic E-state index is 0.177. The van der Waals surface area contributed by atoms with Crippen LogP contribution in [0.4, 0.5) is 0 Å². The molecule has 0 amide bonds. The van der Waals surface area contributed by atoms with Gasteiger partial charge in [0.05, 0.1) is 25.9 Å². The first-order valence-corrected chi connectivity index (χ1v) is 7.39. The summed E-state index contributed by atoms with van der Waals surface area (Å²) in [4.78, 5) is 4.26. The van der Waals surface area contributed by atoms with Gasteiger partial charge in [0.2, 0.25) is 0 Å². The standard InChI is InChI=1S/C14H29N3O2/c1-12(11-18-2)17-14(15)16-9-10-19-13-7-5-3-4-6-8-13/h12-13H,3-11H2,1-2H3,(H3,15,16,17). The van der Waals surface area contributed by atoms with E-state index in [9.17, 15) is 0 Å². The second-order valence-electron chi connectivity index (χ2n) is 5.25. The van der Waals surface area contributed by atoms with Crippen LogP contribution in [0.2, 0.25) is 0 Å². The normalized spacial score (nSPS) is 20.0. The van der Waals surface area contributed by atoms with Crippen molar-refractivity contribution < 1.29 is 9.47 Å². The molecule has 5 nitrogen and oxygen atoms in total. The van der Waals surface area contributed by atoms with E-state index in [0.29, 0.717) is 31.8 Å². The van der Waals surface area contributed by atoms with Gasteiger partial charge in [-0.2, -0.15) is 0 Å². The van der Waals surface area contributed by atoms with Gasteiger partial charge in [0.15, 0.2) is 5.96 Å². The largest absolute Gasteiger partial charge is 0.383 e. The number of hydrogen-bond donors (Lipinski definition) is 2. The van der Waals surface area contributed by atoms with Crippen molar-refractivity contribution in [2.75, 3.05) is 26.9 Å². The van der Waals surface area contributed by atoms with Gasteiger partial charge in [-0.15, -0.1) is 0 Å². The zero-order valence-electron chi connectivity index (χ0n) is 12.4. The Morgan fingerprint density at radius 3 is 2.63 bits per heavy atom. The van der Waals surface area contributed by atoms with Crippen molar-refractivity contribution in [1.82, 2.24) is 5.32 Å². The quantitative estimate of drug-likeness (QED) is 0.320. The molecule has 0 radical (unpaired) electrons. The van der Waals surface area contributed by atoms with Gasteiger partial charge < -0.3 is 20.5 Å². The summed E-state index contributed by atoms with van der Waals surface area (Å²) in [7, 11) is 1.67. The lowest BCUT2D eigenvalue weighted by molar-refractivity contribution is 0.0487. The summed E-state index contributed by atoms with van der Waals surface area (Å²) in [5.41, 5.74) is 5.78. The van der Waals surface area contributed by atoms with Gasteiger partial charge in [0.1, 0.15) is 0 Å². The highest BCUT2D eigenvalue weighted by Crippen LogP contribution is 2.19. The number of aliphatic imine (C=N–C) groups is 1. The van der Waals surface area contributed by atoms with Crippen LogP contribution in [0.15, 0.2) is 4.99 Å². The van der Waals surface area contributed by atoms with Gasteiger partial charge >= 0.3 is 0 Å². The second-order valence-corrected chi connectivity index (χ2v) is 5.25. The SMILES string of the molecule is COCC(C)NC(N)=NCCOC1CCCCCC1. The van der Waals surface area contributed by atoms with Gasteiger partial charge in [0, 0.05) is 13.2 Å². The van der Waals surface area contributed by atoms with Crippen LogP contribution in [0.5, 0.6) is 0 Å². The summed E-state index contributed by atoms with van der Waals surface area (Å²) in [6.07, 6.45) is 8.13. The Morgan fingerprint density at radius 1 is 1.32 bits per heavy atom. The topological polar surface area (TPSA) is 68.9 Å². The Labute approximate surface area is 116 Å². The number of nitrogens with two attached hydrogens (primary N) is 1. The number of ether oxygens (including phenoxy) is 2. The summed E-state index contributed by atoms with van der Waals surface area (Å²) >= 11 is 0. The maximum Gasteiger partial charge on any atom is 0.188 e. The van der Waals surface area contributed by atoms with E-state index in [1.165, 1.54) is 38.5 Å². The van der Waals surface area contributed by atoms with Crippen LogP contribution < -0.4 is 11.1 Å². The molecule has 1 fully saturated rings. The van der Waals surface area contributed by atoms with E-state index in [0.717, 1.165) is 0 Å². The monoisotopic (exact) mass is 271 g/mol.